The maximum Gasteiger partial charge on any atom is 0.259 e. The number of hydrogen-bond acceptors (Lipinski definition) is 6. The summed E-state index contributed by atoms with van der Waals surface area (Å²) in [6.07, 6.45) is 2.24. The largest absolute Gasteiger partial charge is 0.383 e. The van der Waals surface area contributed by atoms with Crippen molar-refractivity contribution in [3.8, 4) is 11.1 Å². The lowest BCUT2D eigenvalue weighted by Crippen LogP contribution is -2.16. The molecule has 38 heavy (non-hydrogen) atoms. The normalized spacial score (nSPS) is 15.4. The van der Waals surface area contributed by atoms with E-state index >= 15 is 0 Å². The van der Waals surface area contributed by atoms with Gasteiger partial charge in [0.15, 0.2) is 9.92 Å². The maximum atomic E-state index is 13.2. The Morgan fingerprint density at radius 2 is 1.79 bits per heavy atom. The number of carbonyl (C=O) groups is 1. The van der Waals surface area contributed by atoms with Gasteiger partial charge in [0.2, 0.25) is 0 Å². The molecule has 9 heteroatoms. The summed E-state index contributed by atoms with van der Waals surface area (Å²) in [6.45, 7) is 13.0. The number of aliphatic hydroxyl groups is 1. The highest BCUT2D eigenvalue weighted by atomic mass is 32.2. The molecule has 3 aromatic rings. The van der Waals surface area contributed by atoms with E-state index in [9.17, 15) is 14.1 Å². The van der Waals surface area contributed by atoms with E-state index in [1.54, 1.807) is 13.8 Å². The first-order chi connectivity index (χ1) is 17.8. The Hall–Kier alpha value is -2.43. The first-order valence-electron chi connectivity index (χ1n) is 12.9. The number of rotatable bonds is 7. The third-order valence-corrected chi connectivity index (χ3v) is 9.97. The number of thiazole rings is 1. The van der Waals surface area contributed by atoms with Crippen LogP contribution in [0.25, 0.3) is 11.1 Å². The van der Waals surface area contributed by atoms with Crippen LogP contribution in [-0.4, -0.2) is 26.8 Å². The van der Waals surface area contributed by atoms with Crippen LogP contribution in [0.5, 0.6) is 0 Å². The molecule has 0 fully saturated rings. The van der Waals surface area contributed by atoms with Gasteiger partial charge in [0.05, 0.1) is 25.8 Å². The molecule has 1 unspecified atom stereocenters. The number of carbonyl (C=O) groups excluding carboxylic acids is 1. The molecule has 0 saturated carbocycles. The van der Waals surface area contributed by atoms with Crippen LogP contribution in [0.2, 0.25) is 0 Å². The first-order valence-corrected chi connectivity index (χ1v) is 15.3. The van der Waals surface area contributed by atoms with Gasteiger partial charge in [0, 0.05) is 0 Å². The minimum Gasteiger partial charge on any atom is -0.383 e. The van der Waals surface area contributed by atoms with Crippen LogP contribution in [0.15, 0.2) is 45.1 Å². The average molecular weight is 556 g/mol. The van der Waals surface area contributed by atoms with Crippen molar-refractivity contribution in [1.82, 2.24) is 4.98 Å². The number of nitrogens with two attached hydrogens (primary N) is 1. The minimum atomic E-state index is -3.49. The van der Waals surface area contributed by atoms with Gasteiger partial charge < -0.3 is 9.84 Å². The minimum absolute atomic E-state index is 0.00811. The molecule has 1 aliphatic heterocycles. The number of aromatic nitrogens is 1. The molecule has 0 bridgehead atoms. The highest BCUT2D eigenvalue weighted by molar-refractivity contribution is 7.93. The van der Waals surface area contributed by atoms with Gasteiger partial charge in [-0.05, 0) is 71.0 Å². The summed E-state index contributed by atoms with van der Waals surface area (Å²) in [7, 11) is -3.49. The number of nitrogens with zero attached hydrogens (tertiary/aromatic N) is 2. The summed E-state index contributed by atoms with van der Waals surface area (Å²) in [5.74, 6) is -0.209. The molecule has 4 rings (SSSR count). The van der Waals surface area contributed by atoms with Gasteiger partial charge in [0.25, 0.3) is 5.91 Å². The fourth-order valence-corrected chi connectivity index (χ4v) is 6.86. The lowest BCUT2D eigenvalue weighted by Gasteiger charge is -2.22. The Morgan fingerprint density at radius 3 is 2.37 bits per heavy atom. The first kappa shape index (κ1) is 28.6. The maximum absolute atomic E-state index is 13.2. The van der Waals surface area contributed by atoms with Crippen LogP contribution < -0.4 is 5.14 Å². The molecule has 3 N–H and O–H groups in total. The van der Waals surface area contributed by atoms with Gasteiger partial charge in [0.1, 0.15) is 14.8 Å². The lowest BCUT2D eigenvalue weighted by molar-refractivity contribution is -0.117. The van der Waals surface area contributed by atoms with E-state index in [0.29, 0.717) is 11.6 Å². The van der Waals surface area contributed by atoms with Crippen LogP contribution in [-0.2, 0) is 44.5 Å². The summed E-state index contributed by atoms with van der Waals surface area (Å²) >= 11 is 1.00. The molecule has 2 aromatic carbocycles. The third kappa shape index (κ3) is 6.24. The van der Waals surface area contributed by atoms with Crippen molar-refractivity contribution >= 4 is 27.2 Å². The Kier molecular flexibility index (Phi) is 8.26. The molecule has 7 nitrogen and oxygen atoms in total. The molecule has 0 saturated heterocycles. The topological polar surface area (TPSA) is 115 Å². The zero-order valence-corrected chi connectivity index (χ0v) is 24.5. The fraction of sp³-hybridized carbons (Fsp3) is 0.448. The van der Waals surface area contributed by atoms with Crippen LogP contribution in [0.1, 0.15) is 86.2 Å². The molecule has 1 amide bonds. The molecule has 1 atom stereocenters. The molecular formula is C29H37N3O4S2. The number of hydrogen-bond donors (Lipinski definition) is 2. The van der Waals surface area contributed by atoms with E-state index in [0.717, 1.165) is 52.2 Å². The van der Waals surface area contributed by atoms with Crippen LogP contribution in [0.4, 0.5) is 0 Å². The molecule has 2 heterocycles. The molecular weight excluding hydrogens is 518 g/mol. The SMILES string of the molecule is CC(C)c1cc(-c2ccc3c(c2)CCOC3)cc(C(C)C)c1CC(=O)N=S(N)(=O)c1cnc(C(C)(C)O)s1. The van der Waals surface area contributed by atoms with Crippen molar-refractivity contribution in [2.24, 2.45) is 9.50 Å². The van der Waals surface area contributed by atoms with Crippen molar-refractivity contribution in [1.29, 1.82) is 0 Å². The molecule has 0 aliphatic carbocycles. The second-order valence-corrected chi connectivity index (χ2v) is 14.1. The molecule has 0 spiro atoms. The van der Waals surface area contributed by atoms with Crippen molar-refractivity contribution < 1.29 is 18.8 Å². The Balaban J connectivity index is 1.72. The van der Waals surface area contributed by atoms with Gasteiger partial charge in [-0.3, -0.25) is 4.79 Å². The number of fused-ring (bicyclic) bond motifs is 1. The summed E-state index contributed by atoms with van der Waals surface area (Å²) in [5, 5.41) is 16.6. The predicted octanol–water partition coefficient (Wildman–Crippen LogP) is 5.83. The number of ether oxygens (including phenoxy) is 1. The van der Waals surface area contributed by atoms with Gasteiger partial charge >= 0.3 is 0 Å². The monoisotopic (exact) mass is 555 g/mol. The zero-order chi connectivity index (χ0) is 27.8. The van der Waals surface area contributed by atoms with Crippen molar-refractivity contribution in [3.63, 3.8) is 0 Å². The van der Waals surface area contributed by atoms with Crippen molar-refractivity contribution in [2.75, 3.05) is 6.61 Å². The quantitative estimate of drug-likeness (QED) is 0.381. The lowest BCUT2D eigenvalue weighted by atomic mass is 9.83. The zero-order valence-electron chi connectivity index (χ0n) is 22.9. The molecule has 1 aromatic heterocycles. The summed E-state index contributed by atoms with van der Waals surface area (Å²) in [5.41, 5.74) is 6.67. The Morgan fingerprint density at radius 1 is 1.13 bits per heavy atom. The highest BCUT2D eigenvalue weighted by Gasteiger charge is 2.24. The summed E-state index contributed by atoms with van der Waals surface area (Å²) in [4.78, 5) is 17.3. The standard InChI is InChI=1S/C29H37N3O4S2/c1-17(2)23-12-22(19-7-8-21-16-36-10-9-20(21)11-19)13-24(18(3)4)25(23)14-26(33)32-38(30,35)27-15-31-28(37-27)29(5,6)34/h7-8,11-13,15,17-18,34H,9-10,14,16H2,1-6H3,(H2,30,32,33,35). The van der Waals surface area contributed by atoms with Crippen molar-refractivity contribution in [2.45, 2.75) is 82.6 Å². The number of amides is 1. The smallest absolute Gasteiger partial charge is 0.259 e. The Bertz CT molecular complexity index is 1450. The second kappa shape index (κ2) is 11.0. The third-order valence-electron chi connectivity index (χ3n) is 6.74. The summed E-state index contributed by atoms with van der Waals surface area (Å²) < 4.78 is 22.9. The van der Waals surface area contributed by atoms with Crippen molar-refractivity contribution in [3.05, 3.63) is 69.4 Å². The molecule has 204 valence electrons. The van der Waals surface area contributed by atoms with Gasteiger partial charge in [-0.2, -0.15) is 0 Å². The van der Waals surface area contributed by atoms with E-state index < -0.39 is 21.4 Å². The number of benzene rings is 2. The van der Waals surface area contributed by atoms with Crippen LogP contribution >= 0.6 is 11.3 Å². The van der Waals surface area contributed by atoms with E-state index in [-0.39, 0.29) is 22.5 Å². The molecule has 1 aliphatic rings. The van der Waals surface area contributed by atoms with Gasteiger partial charge in [-0.25, -0.2) is 14.3 Å². The molecule has 0 radical (unpaired) electrons. The van der Waals surface area contributed by atoms with Crippen LogP contribution in [0.3, 0.4) is 0 Å². The Labute approximate surface area is 229 Å². The van der Waals surface area contributed by atoms with Gasteiger partial charge in [-0.15, -0.1) is 15.7 Å². The van der Waals surface area contributed by atoms with Gasteiger partial charge in [-0.1, -0.05) is 58.0 Å². The highest BCUT2D eigenvalue weighted by Crippen LogP contribution is 2.35. The van der Waals surface area contributed by atoms with E-state index in [1.807, 2.05) is 0 Å². The van der Waals surface area contributed by atoms with E-state index in [2.05, 4.69) is 67.4 Å². The fourth-order valence-electron chi connectivity index (χ4n) is 4.72. The summed E-state index contributed by atoms with van der Waals surface area (Å²) in [6, 6.07) is 10.9. The average Bonchev–Trinajstić information content (AvgIpc) is 3.35. The van der Waals surface area contributed by atoms with E-state index in [4.69, 9.17) is 9.88 Å². The van der Waals surface area contributed by atoms with E-state index in [1.165, 1.54) is 17.3 Å². The van der Waals surface area contributed by atoms with Crippen LogP contribution in [0, 0.1) is 0 Å². The predicted molar refractivity (Wildman–Crippen MR) is 153 cm³/mol. The second-order valence-electron chi connectivity index (χ2n) is 11.0.